The molecule has 21 heavy (non-hydrogen) atoms. The first kappa shape index (κ1) is 16.3. The second-order valence-electron chi connectivity index (χ2n) is 6.15. The number of piperazine rings is 1. The van der Waals surface area contributed by atoms with Gasteiger partial charge in [-0.2, -0.15) is 0 Å². The zero-order chi connectivity index (χ0) is 15.4. The summed E-state index contributed by atoms with van der Waals surface area (Å²) in [5.74, 6) is 0.370. The van der Waals surface area contributed by atoms with E-state index in [1.807, 2.05) is 6.07 Å². The molecule has 1 aliphatic heterocycles. The Balaban J connectivity index is 1.92. The molecule has 0 atom stereocenters. The fourth-order valence-corrected chi connectivity index (χ4v) is 2.92. The molecule has 5 heteroatoms. The van der Waals surface area contributed by atoms with Crippen LogP contribution in [0.5, 0.6) is 0 Å². The van der Waals surface area contributed by atoms with Gasteiger partial charge in [-0.25, -0.2) is 4.39 Å². The molecule has 0 bridgehead atoms. The van der Waals surface area contributed by atoms with Crippen LogP contribution in [0.4, 0.5) is 4.39 Å². The van der Waals surface area contributed by atoms with E-state index in [2.05, 4.69) is 23.6 Å². The second-order valence-corrected chi connectivity index (χ2v) is 6.59. The Labute approximate surface area is 131 Å². The molecular weight excluding hydrogens is 285 g/mol. The Kier molecular flexibility index (Phi) is 5.67. The topological polar surface area (TPSA) is 32.5 Å². The van der Waals surface area contributed by atoms with Crippen LogP contribution >= 0.6 is 12.2 Å². The van der Waals surface area contributed by atoms with Crippen LogP contribution in [0.2, 0.25) is 0 Å². The van der Waals surface area contributed by atoms with Crippen molar-refractivity contribution in [1.29, 1.82) is 0 Å². The van der Waals surface area contributed by atoms with Gasteiger partial charge < -0.3 is 10.6 Å². The first-order chi connectivity index (χ1) is 9.95. The number of nitrogens with zero attached hydrogens (tertiary/aromatic N) is 2. The van der Waals surface area contributed by atoms with Gasteiger partial charge >= 0.3 is 0 Å². The molecule has 0 unspecified atom stereocenters. The number of benzene rings is 1. The molecule has 0 aliphatic carbocycles. The summed E-state index contributed by atoms with van der Waals surface area (Å²) >= 11 is 4.89. The molecule has 1 aromatic carbocycles. The number of hydrogen-bond donors (Lipinski definition) is 1. The molecule has 0 aromatic heterocycles. The number of thiocarbonyl (C=S) groups is 1. The van der Waals surface area contributed by atoms with Crippen LogP contribution in [0.25, 0.3) is 0 Å². The molecule has 0 radical (unpaired) electrons. The highest BCUT2D eigenvalue weighted by atomic mass is 32.1. The molecule has 1 fully saturated rings. The quantitative estimate of drug-likeness (QED) is 0.846. The van der Waals surface area contributed by atoms with Gasteiger partial charge in [0.05, 0.1) is 0 Å². The first-order valence-electron chi connectivity index (χ1n) is 7.48. The summed E-state index contributed by atoms with van der Waals surface area (Å²) in [6.07, 6.45) is 0. The molecule has 1 aliphatic rings. The van der Waals surface area contributed by atoms with Gasteiger partial charge in [0.1, 0.15) is 10.8 Å². The number of halogens is 1. The Bertz CT molecular complexity index is 496. The largest absolute Gasteiger partial charge is 0.389 e. The third-order valence-electron chi connectivity index (χ3n) is 3.79. The molecule has 1 heterocycles. The lowest BCUT2D eigenvalue weighted by molar-refractivity contribution is 0.117. The summed E-state index contributed by atoms with van der Waals surface area (Å²) in [4.78, 5) is 5.02. The molecule has 1 aromatic rings. The van der Waals surface area contributed by atoms with E-state index in [-0.39, 0.29) is 10.8 Å². The van der Waals surface area contributed by atoms with E-state index in [0.29, 0.717) is 11.5 Å². The highest BCUT2D eigenvalue weighted by Crippen LogP contribution is 2.14. The predicted octanol–water partition coefficient (Wildman–Crippen LogP) is 2.23. The zero-order valence-corrected chi connectivity index (χ0v) is 13.6. The molecule has 2 rings (SSSR count). The van der Waals surface area contributed by atoms with E-state index in [1.54, 1.807) is 6.07 Å². The Morgan fingerprint density at radius 2 is 1.86 bits per heavy atom. The first-order valence-corrected chi connectivity index (χ1v) is 7.89. The van der Waals surface area contributed by atoms with Gasteiger partial charge in [-0.05, 0) is 23.6 Å². The molecule has 0 spiro atoms. The van der Waals surface area contributed by atoms with Gasteiger partial charge in [0.25, 0.3) is 0 Å². The zero-order valence-electron chi connectivity index (χ0n) is 12.8. The summed E-state index contributed by atoms with van der Waals surface area (Å²) in [7, 11) is 0. The van der Waals surface area contributed by atoms with Gasteiger partial charge in [0.2, 0.25) is 0 Å². The Morgan fingerprint density at radius 1 is 1.24 bits per heavy atom. The Morgan fingerprint density at radius 3 is 2.43 bits per heavy atom. The van der Waals surface area contributed by atoms with Crippen LogP contribution in [-0.4, -0.2) is 47.5 Å². The van der Waals surface area contributed by atoms with E-state index in [4.69, 9.17) is 18.0 Å². The van der Waals surface area contributed by atoms with Crippen LogP contribution in [0.15, 0.2) is 18.2 Å². The van der Waals surface area contributed by atoms with Gasteiger partial charge in [-0.3, -0.25) is 4.90 Å². The van der Waals surface area contributed by atoms with E-state index >= 15 is 0 Å². The van der Waals surface area contributed by atoms with Crippen molar-refractivity contribution in [2.75, 3.05) is 32.7 Å². The lowest BCUT2D eigenvalue weighted by Gasteiger charge is -2.35. The second kappa shape index (κ2) is 7.29. The van der Waals surface area contributed by atoms with Crippen molar-refractivity contribution in [1.82, 2.24) is 9.80 Å². The van der Waals surface area contributed by atoms with Crippen LogP contribution in [0, 0.1) is 11.7 Å². The van der Waals surface area contributed by atoms with Gasteiger partial charge in [0.15, 0.2) is 0 Å². The molecule has 116 valence electrons. The van der Waals surface area contributed by atoms with E-state index in [0.717, 1.165) is 44.8 Å². The summed E-state index contributed by atoms with van der Waals surface area (Å²) < 4.78 is 13.6. The average Bonchev–Trinajstić information content (AvgIpc) is 2.42. The number of rotatable bonds is 5. The summed E-state index contributed by atoms with van der Waals surface area (Å²) in [5, 5.41) is 0. The van der Waals surface area contributed by atoms with Crippen molar-refractivity contribution in [3.63, 3.8) is 0 Å². The average molecular weight is 309 g/mol. The monoisotopic (exact) mass is 309 g/mol. The smallest absolute Gasteiger partial charge is 0.133 e. The van der Waals surface area contributed by atoms with Crippen molar-refractivity contribution in [2.24, 2.45) is 11.7 Å². The van der Waals surface area contributed by atoms with Gasteiger partial charge in [-0.1, -0.05) is 32.1 Å². The maximum absolute atomic E-state index is 13.6. The highest BCUT2D eigenvalue weighted by Gasteiger charge is 2.18. The summed E-state index contributed by atoms with van der Waals surface area (Å²) in [6.45, 7) is 10.8. The third-order valence-corrected chi connectivity index (χ3v) is 4.01. The molecule has 2 N–H and O–H groups in total. The maximum Gasteiger partial charge on any atom is 0.133 e. The fraction of sp³-hybridized carbons (Fsp3) is 0.562. The standard InChI is InChI=1S/C16H24FN3S/c1-12(2)10-19-5-7-20(8-6-19)11-13-3-4-15(17)14(9-13)16(18)21/h3-4,9,12H,5-8,10-11H2,1-2H3,(H2,18,21). The normalized spacial score (nSPS) is 17.3. The molecule has 0 saturated carbocycles. The summed E-state index contributed by atoms with van der Waals surface area (Å²) in [5.41, 5.74) is 6.97. The lowest BCUT2D eigenvalue weighted by Crippen LogP contribution is -2.46. The minimum atomic E-state index is -0.340. The van der Waals surface area contributed by atoms with Crippen molar-refractivity contribution in [3.05, 3.63) is 35.1 Å². The van der Waals surface area contributed by atoms with E-state index < -0.39 is 0 Å². The Hall–Kier alpha value is -1.04. The van der Waals surface area contributed by atoms with Crippen LogP contribution in [0.1, 0.15) is 25.0 Å². The van der Waals surface area contributed by atoms with Crippen molar-refractivity contribution < 1.29 is 4.39 Å². The molecule has 0 amide bonds. The molecular formula is C16H24FN3S. The fourth-order valence-electron chi connectivity index (χ4n) is 2.76. The minimum Gasteiger partial charge on any atom is -0.389 e. The number of nitrogens with two attached hydrogens (primary N) is 1. The van der Waals surface area contributed by atoms with Crippen LogP contribution in [-0.2, 0) is 6.54 Å². The van der Waals surface area contributed by atoms with Crippen molar-refractivity contribution in [2.45, 2.75) is 20.4 Å². The third kappa shape index (κ3) is 4.73. The SMILES string of the molecule is CC(C)CN1CCN(Cc2ccc(F)c(C(N)=S)c2)CC1. The van der Waals surface area contributed by atoms with Crippen LogP contribution in [0.3, 0.4) is 0 Å². The van der Waals surface area contributed by atoms with Gasteiger partial charge in [-0.15, -0.1) is 0 Å². The van der Waals surface area contributed by atoms with Crippen LogP contribution < -0.4 is 5.73 Å². The van der Waals surface area contributed by atoms with Crippen molar-refractivity contribution >= 4 is 17.2 Å². The molecule has 1 saturated heterocycles. The number of hydrogen-bond acceptors (Lipinski definition) is 3. The predicted molar refractivity (Wildman–Crippen MR) is 88.8 cm³/mol. The van der Waals surface area contributed by atoms with Crippen molar-refractivity contribution in [3.8, 4) is 0 Å². The minimum absolute atomic E-state index is 0.121. The summed E-state index contributed by atoms with van der Waals surface area (Å²) in [6, 6.07) is 5.05. The highest BCUT2D eigenvalue weighted by molar-refractivity contribution is 7.80. The lowest BCUT2D eigenvalue weighted by atomic mass is 10.1. The molecule has 3 nitrogen and oxygen atoms in total. The maximum atomic E-state index is 13.6. The van der Waals surface area contributed by atoms with E-state index in [9.17, 15) is 4.39 Å². The van der Waals surface area contributed by atoms with E-state index in [1.165, 1.54) is 6.07 Å². The van der Waals surface area contributed by atoms with Gasteiger partial charge in [0, 0.05) is 44.8 Å².